The third-order valence-corrected chi connectivity index (χ3v) is 4.77. The fraction of sp³-hybridized carbons (Fsp3) is 0.889. The first-order valence-electron chi connectivity index (χ1n) is 8.27. The fourth-order valence-electron chi connectivity index (χ4n) is 3.27. The molecule has 1 N–H and O–H groups in total. The second kappa shape index (κ2) is 7.47. The first kappa shape index (κ1) is 16.8. The van der Waals surface area contributed by atoms with Crippen LogP contribution in [0.5, 0.6) is 0 Å². The smallest absolute Gasteiger partial charge is 0.00966 e. The van der Waals surface area contributed by atoms with E-state index >= 15 is 0 Å². The number of allylic oxidation sites excluding steroid dienone is 1. The Morgan fingerprint density at radius 2 is 1.84 bits per heavy atom. The number of rotatable bonds is 6. The first-order chi connectivity index (χ1) is 8.85. The second-order valence-electron chi connectivity index (χ2n) is 7.55. The lowest BCUT2D eigenvalue weighted by atomic mass is 9.70. The molecule has 1 heteroatoms. The van der Waals surface area contributed by atoms with Crippen LogP contribution in [0.25, 0.3) is 0 Å². The minimum atomic E-state index is 0.244. The highest BCUT2D eigenvalue weighted by atomic mass is 14.9. The van der Waals surface area contributed by atoms with E-state index in [9.17, 15) is 0 Å². The van der Waals surface area contributed by atoms with Crippen LogP contribution in [-0.4, -0.2) is 12.1 Å². The Labute approximate surface area is 121 Å². The zero-order valence-electron chi connectivity index (χ0n) is 13.9. The van der Waals surface area contributed by atoms with Gasteiger partial charge in [-0.1, -0.05) is 38.8 Å². The summed E-state index contributed by atoms with van der Waals surface area (Å²) in [5.74, 6) is 2.67. The topological polar surface area (TPSA) is 12.0 Å². The molecule has 112 valence electrons. The Balaban J connectivity index is 2.57. The number of nitrogens with one attached hydrogen (secondary N) is 1. The van der Waals surface area contributed by atoms with Crippen molar-refractivity contribution in [1.29, 1.82) is 0 Å². The van der Waals surface area contributed by atoms with Gasteiger partial charge in [0, 0.05) is 5.54 Å². The van der Waals surface area contributed by atoms with Crippen LogP contribution < -0.4 is 5.32 Å². The molecule has 19 heavy (non-hydrogen) atoms. The molecule has 1 saturated carbocycles. The van der Waals surface area contributed by atoms with Crippen molar-refractivity contribution in [3.63, 3.8) is 0 Å². The maximum absolute atomic E-state index is 4.24. The molecule has 1 fully saturated rings. The van der Waals surface area contributed by atoms with Crippen LogP contribution in [0.3, 0.4) is 0 Å². The van der Waals surface area contributed by atoms with Gasteiger partial charge in [-0.25, -0.2) is 0 Å². The monoisotopic (exact) mass is 265 g/mol. The molecule has 1 rings (SSSR count). The maximum atomic E-state index is 4.24. The van der Waals surface area contributed by atoms with E-state index in [0.717, 1.165) is 24.2 Å². The maximum Gasteiger partial charge on any atom is 0.00966 e. The van der Waals surface area contributed by atoms with Crippen LogP contribution >= 0.6 is 0 Å². The minimum Gasteiger partial charge on any atom is -0.312 e. The summed E-state index contributed by atoms with van der Waals surface area (Å²) in [6.07, 6.45) is 8.02. The summed E-state index contributed by atoms with van der Waals surface area (Å²) in [6, 6.07) is 0. The van der Waals surface area contributed by atoms with Crippen LogP contribution in [0, 0.1) is 17.8 Å². The fourth-order valence-corrected chi connectivity index (χ4v) is 3.27. The Hall–Kier alpha value is -0.300. The van der Waals surface area contributed by atoms with Gasteiger partial charge in [0.1, 0.15) is 0 Å². The lowest BCUT2D eigenvalue weighted by Crippen LogP contribution is -2.42. The van der Waals surface area contributed by atoms with E-state index in [1.165, 1.54) is 44.2 Å². The summed E-state index contributed by atoms with van der Waals surface area (Å²) in [6.45, 7) is 16.8. The molecule has 3 unspecified atom stereocenters. The standard InChI is InChI=1S/C18H35N/c1-7-14(3)11-17-12-15(8-2)9-10-16(17)13-19-18(4,5)6/h15-17,19H,3,7-13H2,1-2,4-6H3. The lowest BCUT2D eigenvalue weighted by Gasteiger charge is -2.38. The predicted octanol–water partition coefficient (Wildman–Crippen LogP) is 5.17. The molecule has 0 aromatic heterocycles. The Morgan fingerprint density at radius 1 is 1.16 bits per heavy atom. The van der Waals surface area contributed by atoms with E-state index in [0.29, 0.717) is 0 Å². The lowest BCUT2D eigenvalue weighted by molar-refractivity contribution is 0.162. The molecule has 0 spiro atoms. The van der Waals surface area contributed by atoms with E-state index in [-0.39, 0.29) is 5.54 Å². The summed E-state index contributed by atoms with van der Waals surface area (Å²) in [7, 11) is 0. The average Bonchev–Trinajstić information content (AvgIpc) is 2.35. The highest BCUT2D eigenvalue weighted by Gasteiger charge is 2.30. The van der Waals surface area contributed by atoms with E-state index < -0.39 is 0 Å². The van der Waals surface area contributed by atoms with Crippen LogP contribution in [-0.2, 0) is 0 Å². The zero-order chi connectivity index (χ0) is 14.5. The van der Waals surface area contributed by atoms with Gasteiger partial charge in [-0.15, -0.1) is 0 Å². The molecule has 0 radical (unpaired) electrons. The Bertz CT molecular complexity index is 274. The molecular weight excluding hydrogens is 230 g/mol. The molecule has 3 atom stereocenters. The van der Waals surface area contributed by atoms with Crippen molar-refractivity contribution < 1.29 is 0 Å². The van der Waals surface area contributed by atoms with Crippen LogP contribution in [0.2, 0.25) is 0 Å². The molecule has 0 aromatic rings. The number of hydrogen-bond donors (Lipinski definition) is 1. The van der Waals surface area contributed by atoms with Gasteiger partial charge in [0.15, 0.2) is 0 Å². The van der Waals surface area contributed by atoms with Crippen molar-refractivity contribution in [1.82, 2.24) is 5.32 Å². The van der Waals surface area contributed by atoms with Crippen molar-refractivity contribution in [2.45, 2.75) is 78.7 Å². The quantitative estimate of drug-likeness (QED) is 0.653. The van der Waals surface area contributed by atoms with Crippen molar-refractivity contribution >= 4 is 0 Å². The molecule has 0 saturated heterocycles. The first-order valence-corrected chi connectivity index (χ1v) is 8.27. The van der Waals surface area contributed by atoms with Gasteiger partial charge in [-0.2, -0.15) is 0 Å². The van der Waals surface area contributed by atoms with E-state index in [1.54, 1.807) is 0 Å². The summed E-state index contributed by atoms with van der Waals surface area (Å²) in [4.78, 5) is 0. The Kier molecular flexibility index (Phi) is 6.59. The highest BCUT2D eigenvalue weighted by molar-refractivity contribution is 4.97. The minimum absolute atomic E-state index is 0.244. The van der Waals surface area contributed by atoms with Crippen molar-refractivity contribution in [2.75, 3.05) is 6.54 Å². The third kappa shape index (κ3) is 6.12. The Morgan fingerprint density at radius 3 is 2.37 bits per heavy atom. The largest absolute Gasteiger partial charge is 0.312 e. The van der Waals surface area contributed by atoms with Gasteiger partial charge < -0.3 is 5.32 Å². The molecule has 0 aromatic carbocycles. The third-order valence-electron chi connectivity index (χ3n) is 4.77. The van der Waals surface area contributed by atoms with Gasteiger partial charge in [0.25, 0.3) is 0 Å². The van der Waals surface area contributed by atoms with Crippen LogP contribution in [0.15, 0.2) is 12.2 Å². The molecule has 0 bridgehead atoms. The van der Waals surface area contributed by atoms with Crippen LogP contribution in [0.4, 0.5) is 0 Å². The SMILES string of the molecule is C=C(CC)CC1CC(CC)CCC1CNC(C)(C)C. The summed E-state index contributed by atoms with van der Waals surface area (Å²) in [5, 5.41) is 3.72. The molecular formula is C18H35N. The van der Waals surface area contributed by atoms with Gasteiger partial charge in [0.05, 0.1) is 0 Å². The van der Waals surface area contributed by atoms with Gasteiger partial charge in [0.2, 0.25) is 0 Å². The predicted molar refractivity (Wildman–Crippen MR) is 86.4 cm³/mol. The molecule has 1 nitrogen and oxygen atoms in total. The average molecular weight is 265 g/mol. The van der Waals surface area contributed by atoms with Crippen molar-refractivity contribution in [3.8, 4) is 0 Å². The van der Waals surface area contributed by atoms with Gasteiger partial charge >= 0.3 is 0 Å². The number of hydrogen-bond acceptors (Lipinski definition) is 1. The molecule has 1 aliphatic carbocycles. The molecule has 0 amide bonds. The van der Waals surface area contributed by atoms with E-state index in [4.69, 9.17) is 0 Å². The van der Waals surface area contributed by atoms with E-state index in [1.807, 2.05) is 0 Å². The van der Waals surface area contributed by atoms with Gasteiger partial charge in [-0.05, 0) is 70.8 Å². The normalized spacial score (nSPS) is 28.4. The van der Waals surface area contributed by atoms with Crippen molar-refractivity contribution in [3.05, 3.63) is 12.2 Å². The summed E-state index contributed by atoms with van der Waals surface area (Å²) >= 11 is 0. The molecule has 1 aliphatic rings. The van der Waals surface area contributed by atoms with E-state index in [2.05, 4.69) is 46.5 Å². The zero-order valence-corrected chi connectivity index (χ0v) is 13.9. The summed E-state index contributed by atoms with van der Waals surface area (Å²) < 4.78 is 0. The molecule has 0 heterocycles. The van der Waals surface area contributed by atoms with Gasteiger partial charge in [-0.3, -0.25) is 0 Å². The van der Waals surface area contributed by atoms with Crippen molar-refractivity contribution in [2.24, 2.45) is 17.8 Å². The van der Waals surface area contributed by atoms with Crippen LogP contribution in [0.1, 0.15) is 73.1 Å². The summed E-state index contributed by atoms with van der Waals surface area (Å²) in [5.41, 5.74) is 1.69. The second-order valence-corrected chi connectivity index (χ2v) is 7.55. The highest BCUT2D eigenvalue weighted by Crippen LogP contribution is 2.38. The molecule has 0 aliphatic heterocycles.